The summed E-state index contributed by atoms with van der Waals surface area (Å²) in [5.74, 6) is 0.180. The van der Waals surface area contributed by atoms with E-state index in [9.17, 15) is 9.90 Å². The van der Waals surface area contributed by atoms with Crippen LogP contribution in [-0.2, 0) is 4.79 Å². The Balaban J connectivity index is 0.00000200. The Kier molecular flexibility index (Phi) is 7.13. The van der Waals surface area contributed by atoms with E-state index in [1.54, 1.807) is 24.3 Å². The van der Waals surface area contributed by atoms with Gasteiger partial charge in [-0.2, -0.15) is 0 Å². The van der Waals surface area contributed by atoms with Crippen LogP contribution in [0.2, 0.25) is 0 Å². The standard InChI is InChI=1S/C15H19NO3.Na/c1-19-14-11-12(5-7-13(14)17)6-8-15(18)16-9-3-2-4-10-16;/h5-8,11,17H,2-4,9-10H2,1H3;/q;+1/p-1/b8-6+;. The number of piperidine rings is 1. The fourth-order valence-electron chi connectivity index (χ4n) is 2.18. The third kappa shape index (κ3) is 4.54. The van der Waals surface area contributed by atoms with Crippen molar-refractivity contribution in [2.75, 3.05) is 20.2 Å². The van der Waals surface area contributed by atoms with Gasteiger partial charge in [0, 0.05) is 19.2 Å². The van der Waals surface area contributed by atoms with Gasteiger partial charge in [-0.05, 0) is 37.0 Å². The van der Waals surface area contributed by atoms with Gasteiger partial charge in [0.25, 0.3) is 0 Å². The summed E-state index contributed by atoms with van der Waals surface area (Å²) in [5, 5.41) is 11.4. The average Bonchev–Trinajstić information content (AvgIpc) is 2.47. The van der Waals surface area contributed by atoms with Gasteiger partial charge in [-0.1, -0.05) is 17.9 Å². The molecule has 0 unspecified atom stereocenters. The Morgan fingerprint density at radius 3 is 2.65 bits per heavy atom. The number of nitrogens with zero attached hydrogens (tertiary/aromatic N) is 1. The minimum atomic E-state index is -0.151. The van der Waals surface area contributed by atoms with Crippen molar-refractivity contribution in [3.05, 3.63) is 29.8 Å². The Morgan fingerprint density at radius 1 is 1.30 bits per heavy atom. The van der Waals surface area contributed by atoms with Crippen molar-refractivity contribution >= 4 is 12.0 Å². The summed E-state index contributed by atoms with van der Waals surface area (Å²) in [7, 11) is 1.46. The fraction of sp³-hybridized carbons (Fsp3) is 0.400. The van der Waals surface area contributed by atoms with Gasteiger partial charge in [0.15, 0.2) is 0 Å². The molecule has 1 heterocycles. The maximum atomic E-state index is 11.9. The van der Waals surface area contributed by atoms with E-state index in [0.29, 0.717) is 5.75 Å². The first-order valence-corrected chi connectivity index (χ1v) is 6.53. The molecule has 0 aliphatic carbocycles. The maximum absolute atomic E-state index is 11.9. The van der Waals surface area contributed by atoms with Crippen LogP contribution < -0.4 is 39.4 Å². The Hall–Kier alpha value is -0.970. The third-order valence-electron chi connectivity index (χ3n) is 3.27. The largest absolute Gasteiger partial charge is 1.00 e. The number of benzene rings is 1. The van der Waals surface area contributed by atoms with Gasteiger partial charge in [-0.3, -0.25) is 4.79 Å². The van der Waals surface area contributed by atoms with Crippen LogP contribution in [0.4, 0.5) is 0 Å². The molecule has 2 rings (SSSR count). The molecule has 1 aromatic rings. The normalized spacial score (nSPS) is 14.9. The van der Waals surface area contributed by atoms with Crippen molar-refractivity contribution < 1.29 is 44.2 Å². The SMILES string of the molecule is COc1cc(/C=C/C(=O)N2CCCCC2)ccc1[O-].[Na+]. The van der Waals surface area contributed by atoms with E-state index in [0.717, 1.165) is 31.5 Å². The molecule has 1 fully saturated rings. The second kappa shape index (κ2) is 8.35. The minimum absolute atomic E-state index is 0. The molecule has 1 amide bonds. The van der Waals surface area contributed by atoms with Crippen LogP contribution >= 0.6 is 0 Å². The second-order valence-corrected chi connectivity index (χ2v) is 4.63. The molecular weight excluding hydrogens is 265 g/mol. The van der Waals surface area contributed by atoms with Gasteiger partial charge in [0.1, 0.15) is 5.75 Å². The molecule has 5 heteroatoms. The van der Waals surface area contributed by atoms with Crippen LogP contribution in [0.1, 0.15) is 24.8 Å². The quantitative estimate of drug-likeness (QED) is 0.517. The molecule has 0 saturated carbocycles. The van der Waals surface area contributed by atoms with Crippen LogP contribution in [0.25, 0.3) is 6.08 Å². The molecule has 1 aliphatic rings. The van der Waals surface area contributed by atoms with Gasteiger partial charge < -0.3 is 14.7 Å². The zero-order valence-corrected chi connectivity index (χ0v) is 14.1. The number of likely N-dealkylation sites (tertiary alicyclic amines) is 1. The van der Waals surface area contributed by atoms with Crippen LogP contribution in [0.15, 0.2) is 24.3 Å². The van der Waals surface area contributed by atoms with Crippen LogP contribution in [0, 0.1) is 0 Å². The summed E-state index contributed by atoms with van der Waals surface area (Å²) in [6, 6.07) is 4.77. The molecule has 4 nitrogen and oxygen atoms in total. The van der Waals surface area contributed by atoms with Crippen LogP contribution in [0.3, 0.4) is 0 Å². The van der Waals surface area contributed by atoms with E-state index in [2.05, 4.69) is 0 Å². The molecule has 1 saturated heterocycles. The average molecular weight is 283 g/mol. The van der Waals surface area contributed by atoms with Crippen molar-refractivity contribution in [2.24, 2.45) is 0 Å². The summed E-state index contributed by atoms with van der Waals surface area (Å²) >= 11 is 0. The van der Waals surface area contributed by atoms with E-state index in [4.69, 9.17) is 4.74 Å². The van der Waals surface area contributed by atoms with Crippen LogP contribution in [0.5, 0.6) is 11.5 Å². The molecule has 20 heavy (non-hydrogen) atoms. The van der Waals surface area contributed by atoms with Gasteiger partial charge in [-0.15, -0.1) is 0 Å². The third-order valence-corrected chi connectivity index (χ3v) is 3.27. The summed E-state index contributed by atoms with van der Waals surface area (Å²) < 4.78 is 4.97. The van der Waals surface area contributed by atoms with E-state index in [1.807, 2.05) is 4.90 Å². The number of methoxy groups -OCH3 is 1. The number of amides is 1. The van der Waals surface area contributed by atoms with Crippen molar-refractivity contribution in [3.8, 4) is 11.5 Å². The Bertz CT molecular complexity index is 482. The molecule has 0 spiro atoms. The monoisotopic (exact) mass is 283 g/mol. The van der Waals surface area contributed by atoms with E-state index in [-0.39, 0.29) is 41.2 Å². The van der Waals surface area contributed by atoms with E-state index in [1.165, 1.54) is 19.6 Å². The molecular formula is C15H18NNaO3. The summed E-state index contributed by atoms with van der Waals surface area (Å²) in [6.07, 6.45) is 6.65. The number of rotatable bonds is 3. The second-order valence-electron chi connectivity index (χ2n) is 4.63. The topological polar surface area (TPSA) is 52.6 Å². The predicted octanol–water partition coefficient (Wildman–Crippen LogP) is -1.20. The number of hydrogen-bond acceptors (Lipinski definition) is 3. The van der Waals surface area contributed by atoms with Crippen molar-refractivity contribution in [3.63, 3.8) is 0 Å². The van der Waals surface area contributed by atoms with Gasteiger partial charge in [0.05, 0.1) is 7.11 Å². The number of carbonyl (C=O) groups excluding carboxylic acids is 1. The van der Waals surface area contributed by atoms with Crippen molar-refractivity contribution in [1.29, 1.82) is 0 Å². The molecule has 1 aromatic carbocycles. The van der Waals surface area contributed by atoms with Gasteiger partial charge in [-0.25, -0.2) is 0 Å². The molecule has 0 radical (unpaired) electrons. The van der Waals surface area contributed by atoms with Gasteiger partial charge in [0.2, 0.25) is 5.91 Å². The zero-order chi connectivity index (χ0) is 13.7. The molecule has 0 N–H and O–H groups in total. The predicted molar refractivity (Wildman–Crippen MR) is 71.9 cm³/mol. The molecule has 0 bridgehead atoms. The van der Waals surface area contributed by atoms with Crippen molar-refractivity contribution in [1.82, 2.24) is 4.90 Å². The maximum Gasteiger partial charge on any atom is 1.00 e. The van der Waals surface area contributed by atoms with Crippen molar-refractivity contribution in [2.45, 2.75) is 19.3 Å². The summed E-state index contributed by atoms with van der Waals surface area (Å²) in [4.78, 5) is 13.8. The van der Waals surface area contributed by atoms with Crippen LogP contribution in [-0.4, -0.2) is 31.0 Å². The molecule has 1 aliphatic heterocycles. The fourth-order valence-corrected chi connectivity index (χ4v) is 2.18. The van der Waals surface area contributed by atoms with E-state index < -0.39 is 0 Å². The Morgan fingerprint density at radius 2 is 2.00 bits per heavy atom. The number of carbonyl (C=O) groups is 1. The van der Waals surface area contributed by atoms with E-state index >= 15 is 0 Å². The zero-order valence-electron chi connectivity index (χ0n) is 12.1. The first-order chi connectivity index (χ1) is 9.20. The first-order valence-electron chi connectivity index (χ1n) is 6.53. The Labute approximate surface area is 141 Å². The molecule has 0 atom stereocenters. The number of ether oxygens (including phenoxy) is 1. The molecule has 0 aromatic heterocycles. The van der Waals surface area contributed by atoms with Gasteiger partial charge >= 0.3 is 29.6 Å². The number of hydrogen-bond donors (Lipinski definition) is 0. The summed E-state index contributed by atoms with van der Waals surface area (Å²) in [5.41, 5.74) is 0.793. The summed E-state index contributed by atoms with van der Waals surface area (Å²) in [6.45, 7) is 1.68. The molecule has 102 valence electrons. The smallest absolute Gasteiger partial charge is 0.870 e. The minimum Gasteiger partial charge on any atom is -0.870 e. The first kappa shape index (κ1) is 17.1.